The van der Waals surface area contributed by atoms with Gasteiger partial charge in [0.05, 0.1) is 17.9 Å². The average Bonchev–Trinajstić information content (AvgIpc) is 3.10. The zero-order valence-corrected chi connectivity index (χ0v) is 12.2. The number of nitrogens with one attached hydrogen (secondary N) is 1. The van der Waals surface area contributed by atoms with E-state index in [-0.39, 0.29) is 5.91 Å². The van der Waals surface area contributed by atoms with Gasteiger partial charge in [-0.2, -0.15) is 5.10 Å². The van der Waals surface area contributed by atoms with Crippen LogP contribution in [0, 0.1) is 0 Å². The van der Waals surface area contributed by atoms with Crippen molar-refractivity contribution < 1.29 is 14.1 Å². The normalized spacial score (nSPS) is 19.3. The Balaban J connectivity index is 1.41. The number of aromatic nitrogens is 3. The maximum Gasteiger partial charge on any atom is 0.277 e. The molecule has 1 aliphatic heterocycles. The molecule has 4 rings (SSSR count). The monoisotopic (exact) mass is 302 g/mol. The molecule has 7 nitrogen and oxygen atoms in total. The SMILES string of the molecule is O=C(Nc1cnn(C2CCOCC2)c1)c1cc(C2CC2)on1. The highest BCUT2D eigenvalue weighted by atomic mass is 16.5. The Hall–Kier alpha value is -2.15. The third-order valence-electron chi connectivity index (χ3n) is 4.17. The van der Waals surface area contributed by atoms with Crippen LogP contribution < -0.4 is 5.32 Å². The maximum absolute atomic E-state index is 12.2. The smallest absolute Gasteiger partial charge is 0.277 e. The molecular weight excluding hydrogens is 284 g/mol. The summed E-state index contributed by atoms with van der Waals surface area (Å²) in [5, 5.41) is 11.0. The van der Waals surface area contributed by atoms with Crippen molar-refractivity contribution in [3.63, 3.8) is 0 Å². The van der Waals surface area contributed by atoms with Crippen LogP contribution in [-0.4, -0.2) is 34.1 Å². The predicted octanol–water partition coefficient (Wildman–Crippen LogP) is 2.35. The molecule has 1 N–H and O–H groups in total. The first-order valence-corrected chi connectivity index (χ1v) is 7.69. The van der Waals surface area contributed by atoms with E-state index in [0.717, 1.165) is 44.7 Å². The second-order valence-electron chi connectivity index (χ2n) is 5.90. The lowest BCUT2D eigenvalue weighted by Crippen LogP contribution is -2.19. The lowest BCUT2D eigenvalue weighted by Gasteiger charge is -2.22. The summed E-state index contributed by atoms with van der Waals surface area (Å²) in [5.74, 6) is 0.996. The van der Waals surface area contributed by atoms with Gasteiger partial charge in [0.2, 0.25) is 0 Å². The van der Waals surface area contributed by atoms with E-state index in [1.54, 1.807) is 12.3 Å². The molecule has 0 bridgehead atoms. The molecule has 0 aromatic carbocycles. The molecule has 2 fully saturated rings. The van der Waals surface area contributed by atoms with Gasteiger partial charge in [-0.3, -0.25) is 9.48 Å². The molecule has 116 valence electrons. The van der Waals surface area contributed by atoms with E-state index < -0.39 is 0 Å². The summed E-state index contributed by atoms with van der Waals surface area (Å²) >= 11 is 0. The van der Waals surface area contributed by atoms with Gasteiger partial charge in [0.15, 0.2) is 5.69 Å². The van der Waals surface area contributed by atoms with Gasteiger partial charge in [0.25, 0.3) is 5.91 Å². The number of ether oxygens (including phenoxy) is 1. The topological polar surface area (TPSA) is 82.2 Å². The molecule has 3 heterocycles. The van der Waals surface area contributed by atoms with Gasteiger partial charge in [-0.15, -0.1) is 0 Å². The maximum atomic E-state index is 12.2. The zero-order chi connectivity index (χ0) is 14.9. The number of anilines is 1. The van der Waals surface area contributed by atoms with Crippen molar-refractivity contribution in [2.45, 2.75) is 37.6 Å². The number of amides is 1. The number of carbonyl (C=O) groups excluding carboxylic acids is 1. The zero-order valence-electron chi connectivity index (χ0n) is 12.2. The number of hydrogen-bond donors (Lipinski definition) is 1. The second-order valence-corrected chi connectivity index (χ2v) is 5.90. The molecule has 1 aliphatic carbocycles. The average molecular weight is 302 g/mol. The first-order chi connectivity index (χ1) is 10.8. The second kappa shape index (κ2) is 5.57. The van der Waals surface area contributed by atoms with Gasteiger partial charge in [0, 0.05) is 31.4 Å². The summed E-state index contributed by atoms with van der Waals surface area (Å²) in [6, 6.07) is 2.07. The van der Waals surface area contributed by atoms with E-state index in [2.05, 4.69) is 15.6 Å². The molecule has 1 amide bonds. The minimum absolute atomic E-state index is 0.262. The van der Waals surface area contributed by atoms with Crippen LogP contribution >= 0.6 is 0 Å². The van der Waals surface area contributed by atoms with Crippen molar-refractivity contribution in [3.05, 3.63) is 29.9 Å². The van der Waals surface area contributed by atoms with Gasteiger partial charge in [-0.1, -0.05) is 5.16 Å². The van der Waals surface area contributed by atoms with Crippen LogP contribution in [-0.2, 0) is 4.74 Å². The standard InChI is InChI=1S/C15H18N4O3/c20-15(13-7-14(22-18-13)10-1-2-10)17-11-8-16-19(9-11)12-3-5-21-6-4-12/h7-10,12H,1-6H2,(H,17,20). The molecule has 7 heteroatoms. The minimum Gasteiger partial charge on any atom is -0.381 e. The molecule has 0 unspecified atom stereocenters. The molecule has 0 radical (unpaired) electrons. The van der Waals surface area contributed by atoms with Crippen molar-refractivity contribution >= 4 is 11.6 Å². The fraction of sp³-hybridized carbons (Fsp3) is 0.533. The number of carbonyl (C=O) groups is 1. The Labute approximate surface area is 127 Å². The minimum atomic E-state index is -0.262. The summed E-state index contributed by atoms with van der Waals surface area (Å²) in [6.45, 7) is 1.52. The van der Waals surface area contributed by atoms with Crippen LogP contribution in [0.15, 0.2) is 23.0 Å². The van der Waals surface area contributed by atoms with E-state index in [9.17, 15) is 4.79 Å². The third-order valence-corrected chi connectivity index (χ3v) is 4.17. The summed E-state index contributed by atoms with van der Waals surface area (Å²) in [4.78, 5) is 12.2. The summed E-state index contributed by atoms with van der Waals surface area (Å²) in [6.07, 6.45) is 7.65. The van der Waals surface area contributed by atoms with Crippen molar-refractivity contribution in [2.75, 3.05) is 18.5 Å². The molecule has 0 atom stereocenters. The van der Waals surface area contributed by atoms with Crippen molar-refractivity contribution in [3.8, 4) is 0 Å². The molecule has 2 aromatic heterocycles. The molecule has 2 aliphatic rings. The fourth-order valence-corrected chi connectivity index (χ4v) is 2.70. The van der Waals surface area contributed by atoms with E-state index in [4.69, 9.17) is 9.26 Å². The summed E-state index contributed by atoms with van der Waals surface area (Å²) in [5.41, 5.74) is 0.994. The molecule has 0 spiro atoms. The van der Waals surface area contributed by atoms with Crippen molar-refractivity contribution in [1.29, 1.82) is 0 Å². The van der Waals surface area contributed by atoms with Gasteiger partial charge in [-0.25, -0.2) is 0 Å². The first kappa shape index (κ1) is 13.5. The molecule has 2 aromatic rings. The van der Waals surface area contributed by atoms with Crippen LogP contribution in [0.4, 0.5) is 5.69 Å². The molecule has 1 saturated carbocycles. The summed E-state index contributed by atoms with van der Waals surface area (Å²) in [7, 11) is 0. The summed E-state index contributed by atoms with van der Waals surface area (Å²) < 4.78 is 12.4. The van der Waals surface area contributed by atoms with Crippen molar-refractivity contribution in [2.24, 2.45) is 0 Å². The molecule has 1 saturated heterocycles. The first-order valence-electron chi connectivity index (χ1n) is 7.69. The van der Waals surface area contributed by atoms with E-state index in [1.165, 1.54) is 0 Å². The van der Waals surface area contributed by atoms with Gasteiger partial charge >= 0.3 is 0 Å². The molecule has 22 heavy (non-hydrogen) atoms. The number of nitrogens with zero attached hydrogens (tertiary/aromatic N) is 3. The lowest BCUT2D eigenvalue weighted by molar-refractivity contribution is 0.0662. The van der Waals surface area contributed by atoms with Crippen LogP contribution in [0.1, 0.15) is 53.9 Å². The highest BCUT2D eigenvalue weighted by Gasteiger charge is 2.29. The van der Waals surface area contributed by atoms with E-state index >= 15 is 0 Å². The van der Waals surface area contributed by atoms with Crippen LogP contribution in [0.5, 0.6) is 0 Å². The van der Waals surface area contributed by atoms with Crippen molar-refractivity contribution in [1.82, 2.24) is 14.9 Å². The Morgan fingerprint density at radius 1 is 1.27 bits per heavy atom. The molecular formula is C15H18N4O3. The van der Waals surface area contributed by atoms with Gasteiger partial charge < -0.3 is 14.6 Å². The number of hydrogen-bond acceptors (Lipinski definition) is 5. The Bertz CT molecular complexity index is 668. The number of rotatable bonds is 4. The Morgan fingerprint density at radius 3 is 2.86 bits per heavy atom. The predicted molar refractivity (Wildman–Crippen MR) is 77.7 cm³/mol. The highest BCUT2D eigenvalue weighted by molar-refractivity contribution is 6.02. The largest absolute Gasteiger partial charge is 0.381 e. The Kier molecular flexibility index (Phi) is 3.42. The quantitative estimate of drug-likeness (QED) is 0.937. The van der Waals surface area contributed by atoms with Gasteiger partial charge in [-0.05, 0) is 25.7 Å². The third kappa shape index (κ3) is 2.76. The lowest BCUT2D eigenvalue weighted by atomic mass is 10.1. The Morgan fingerprint density at radius 2 is 2.09 bits per heavy atom. The fourth-order valence-electron chi connectivity index (χ4n) is 2.70. The van der Waals surface area contributed by atoms with Crippen LogP contribution in [0.2, 0.25) is 0 Å². The van der Waals surface area contributed by atoms with Crippen LogP contribution in [0.3, 0.4) is 0 Å². The highest BCUT2D eigenvalue weighted by Crippen LogP contribution is 2.40. The van der Waals surface area contributed by atoms with Crippen LogP contribution in [0.25, 0.3) is 0 Å². The van der Waals surface area contributed by atoms with E-state index in [1.807, 2.05) is 10.9 Å². The van der Waals surface area contributed by atoms with E-state index in [0.29, 0.717) is 23.3 Å². The van der Waals surface area contributed by atoms with Gasteiger partial charge in [0.1, 0.15) is 5.76 Å².